The minimum absolute atomic E-state index is 1.05. The number of likely N-dealkylation sites (tertiary alicyclic amines) is 1. The SMILES string of the molecule is CCCCCCCCCC[NH+]1CCC(CC)CC1.[C-]#N. The van der Waals surface area contributed by atoms with Crippen molar-refractivity contribution in [2.45, 2.75) is 84.5 Å². The van der Waals surface area contributed by atoms with Crippen LogP contribution in [0, 0.1) is 17.8 Å². The fourth-order valence-corrected chi connectivity index (χ4v) is 3.25. The normalized spacial score (nSPS) is 22.0. The van der Waals surface area contributed by atoms with Gasteiger partial charge < -0.3 is 16.7 Å². The molecule has 2 nitrogen and oxygen atoms in total. The molecular formula is C18H36N2. The van der Waals surface area contributed by atoms with Gasteiger partial charge in [0.1, 0.15) is 0 Å². The van der Waals surface area contributed by atoms with Gasteiger partial charge in [-0.1, -0.05) is 58.8 Å². The molecule has 2 heteroatoms. The molecule has 1 saturated heterocycles. The monoisotopic (exact) mass is 280 g/mol. The van der Waals surface area contributed by atoms with Gasteiger partial charge in [0.15, 0.2) is 0 Å². The molecule has 0 aromatic heterocycles. The molecule has 1 rings (SSSR count). The Morgan fingerprint density at radius 2 is 1.35 bits per heavy atom. The molecular weight excluding hydrogens is 244 g/mol. The highest BCUT2D eigenvalue weighted by Crippen LogP contribution is 2.13. The zero-order valence-corrected chi connectivity index (χ0v) is 13.9. The van der Waals surface area contributed by atoms with Gasteiger partial charge in [0.05, 0.1) is 19.6 Å². The highest BCUT2D eigenvalue weighted by Gasteiger charge is 2.19. The van der Waals surface area contributed by atoms with Crippen LogP contribution in [0.4, 0.5) is 0 Å². The Kier molecular flexibility index (Phi) is 14.4. The zero-order valence-electron chi connectivity index (χ0n) is 13.9. The molecule has 0 bridgehead atoms. The first-order chi connectivity index (χ1) is 9.86. The molecule has 1 N–H and O–H groups in total. The summed E-state index contributed by atoms with van der Waals surface area (Å²) in [5, 5.41) is 6.25. The Balaban J connectivity index is 0.00000172. The number of nitrogens with zero attached hydrogens (tertiary/aromatic N) is 1. The third-order valence-corrected chi connectivity index (χ3v) is 4.77. The first-order valence-corrected chi connectivity index (χ1v) is 8.92. The van der Waals surface area contributed by atoms with Crippen LogP contribution < -0.4 is 4.90 Å². The molecule has 0 aromatic carbocycles. The van der Waals surface area contributed by atoms with Crippen molar-refractivity contribution in [3.05, 3.63) is 6.57 Å². The van der Waals surface area contributed by atoms with Gasteiger partial charge in [-0.2, -0.15) is 0 Å². The summed E-state index contributed by atoms with van der Waals surface area (Å²) in [5.74, 6) is 1.05. The fraction of sp³-hybridized carbons (Fsp3) is 0.944. The Morgan fingerprint density at radius 1 is 0.850 bits per heavy atom. The first kappa shape index (κ1) is 19.4. The van der Waals surface area contributed by atoms with E-state index in [9.17, 15) is 0 Å². The summed E-state index contributed by atoms with van der Waals surface area (Å²) in [5.41, 5.74) is 0. The summed E-state index contributed by atoms with van der Waals surface area (Å²) in [6.45, 7) is 13.8. The van der Waals surface area contributed by atoms with E-state index in [1.165, 1.54) is 90.3 Å². The number of unbranched alkanes of at least 4 members (excludes halogenated alkanes) is 7. The van der Waals surface area contributed by atoms with Crippen molar-refractivity contribution in [2.24, 2.45) is 5.92 Å². The topological polar surface area (TPSA) is 28.2 Å². The van der Waals surface area contributed by atoms with E-state index in [1.54, 1.807) is 0 Å². The van der Waals surface area contributed by atoms with Crippen molar-refractivity contribution in [2.75, 3.05) is 19.6 Å². The van der Waals surface area contributed by atoms with Crippen LogP contribution in [-0.2, 0) is 0 Å². The van der Waals surface area contributed by atoms with E-state index in [4.69, 9.17) is 11.8 Å². The second kappa shape index (κ2) is 14.9. The van der Waals surface area contributed by atoms with Gasteiger partial charge >= 0.3 is 0 Å². The molecule has 20 heavy (non-hydrogen) atoms. The maximum Gasteiger partial charge on any atom is 0.0773 e. The van der Waals surface area contributed by atoms with Crippen molar-refractivity contribution >= 4 is 0 Å². The minimum atomic E-state index is 1.05. The average molecular weight is 280 g/mol. The van der Waals surface area contributed by atoms with Crippen LogP contribution in [0.3, 0.4) is 0 Å². The molecule has 0 aromatic rings. The van der Waals surface area contributed by atoms with Gasteiger partial charge in [0.25, 0.3) is 0 Å². The summed E-state index contributed by atoms with van der Waals surface area (Å²) in [7, 11) is 0. The quantitative estimate of drug-likeness (QED) is 0.476. The van der Waals surface area contributed by atoms with Crippen LogP contribution in [0.1, 0.15) is 84.5 Å². The highest BCUT2D eigenvalue weighted by atomic mass is 15.1. The first-order valence-electron chi connectivity index (χ1n) is 8.92. The molecule has 0 spiro atoms. The predicted molar refractivity (Wildman–Crippen MR) is 86.2 cm³/mol. The second-order valence-corrected chi connectivity index (χ2v) is 6.33. The summed E-state index contributed by atoms with van der Waals surface area (Å²) in [6, 6.07) is 0. The van der Waals surface area contributed by atoms with Gasteiger partial charge in [0, 0.05) is 0 Å². The van der Waals surface area contributed by atoms with Gasteiger partial charge in [-0.25, -0.2) is 0 Å². The van der Waals surface area contributed by atoms with Crippen molar-refractivity contribution in [3.8, 4) is 0 Å². The van der Waals surface area contributed by atoms with E-state index in [2.05, 4.69) is 13.8 Å². The maximum atomic E-state index is 6.25. The standard InChI is InChI=1S/C17H35N.CN/c1-3-5-6-7-8-9-10-11-14-18-15-12-17(4-2)13-16-18;1-2/h17H,3-16H2,1-2H3;/q;-1/p+1. The van der Waals surface area contributed by atoms with Crippen molar-refractivity contribution in [1.29, 1.82) is 5.26 Å². The minimum Gasteiger partial charge on any atom is -0.512 e. The molecule has 0 atom stereocenters. The summed E-state index contributed by atoms with van der Waals surface area (Å²) in [4.78, 5) is 1.89. The Hall–Kier alpha value is -0.550. The van der Waals surface area contributed by atoms with Gasteiger partial charge in [-0.15, -0.1) is 0 Å². The van der Waals surface area contributed by atoms with Crippen LogP contribution in [0.5, 0.6) is 0 Å². The maximum absolute atomic E-state index is 6.25. The third kappa shape index (κ3) is 10.3. The lowest BCUT2D eigenvalue weighted by molar-refractivity contribution is -0.906. The van der Waals surface area contributed by atoms with Crippen LogP contribution in [-0.4, -0.2) is 19.6 Å². The smallest absolute Gasteiger partial charge is 0.0773 e. The molecule has 1 heterocycles. The molecule has 1 aliphatic rings. The largest absolute Gasteiger partial charge is 0.512 e. The number of hydrogen-bond acceptors (Lipinski definition) is 1. The number of hydrogen-bond donors (Lipinski definition) is 1. The number of piperidine rings is 1. The lowest BCUT2D eigenvalue weighted by Crippen LogP contribution is -3.13. The van der Waals surface area contributed by atoms with E-state index in [-0.39, 0.29) is 0 Å². The van der Waals surface area contributed by atoms with E-state index in [1.807, 2.05) is 4.90 Å². The van der Waals surface area contributed by atoms with Crippen molar-refractivity contribution < 1.29 is 4.90 Å². The number of nitrogens with one attached hydrogen (secondary N) is 1. The third-order valence-electron chi connectivity index (χ3n) is 4.77. The predicted octanol–water partition coefficient (Wildman–Crippen LogP) is 3.93. The van der Waals surface area contributed by atoms with Crippen LogP contribution in [0.15, 0.2) is 0 Å². The van der Waals surface area contributed by atoms with E-state index in [0.717, 1.165) is 5.92 Å². The van der Waals surface area contributed by atoms with E-state index >= 15 is 0 Å². The lowest BCUT2D eigenvalue weighted by Gasteiger charge is -2.28. The average Bonchev–Trinajstić information content (AvgIpc) is 2.52. The fourth-order valence-electron chi connectivity index (χ4n) is 3.25. The molecule has 0 amide bonds. The summed E-state index contributed by atoms with van der Waals surface area (Å²) >= 11 is 0. The number of quaternary nitrogens is 1. The lowest BCUT2D eigenvalue weighted by atomic mass is 9.94. The Morgan fingerprint density at radius 3 is 1.85 bits per heavy atom. The second-order valence-electron chi connectivity index (χ2n) is 6.33. The summed E-state index contributed by atoms with van der Waals surface area (Å²) < 4.78 is 0. The highest BCUT2D eigenvalue weighted by molar-refractivity contribution is 4.59. The molecule has 0 aliphatic carbocycles. The number of rotatable bonds is 10. The molecule has 1 fully saturated rings. The van der Waals surface area contributed by atoms with Crippen molar-refractivity contribution in [3.63, 3.8) is 0 Å². The van der Waals surface area contributed by atoms with E-state index in [0.29, 0.717) is 0 Å². The van der Waals surface area contributed by atoms with Crippen LogP contribution in [0.2, 0.25) is 0 Å². The van der Waals surface area contributed by atoms with Gasteiger partial charge in [0.2, 0.25) is 0 Å². The molecule has 0 radical (unpaired) electrons. The van der Waals surface area contributed by atoms with Gasteiger partial charge in [-0.05, 0) is 31.6 Å². The Bertz CT molecular complexity index is 205. The molecule has 0 unspecified atom stereocenters. The van der Waals surface area contributed by atoms with Gasteiger partial charge in [-0.3, -0.25) is 0 Å². The van der Waals surface area contributed by atoms with E-state index < -0.39 is 0 Å². The zero-order chi connectivity index (χ0) is 15.1. The molecule has 0 saturated carbocycles. The molecule has 1 aliphatic heterocycles. The summed E-state index contributed by atoms with van der Waals surface area (Å²) in [6.07, 6.45) is 16.0. The van der Waals surface area contributed by atoms with Crippen molar-refractivity contribution in [1.82, 2.24) is 0 Å². The van der Waals surface area contributed by atoms with Crippen LogP contribution >= 0.6 is 0 Å². The van der Waals surface area contributed by atoms with Crippen LogP contribution in [0.25, 0.3) is 0 Å². The molecule has 118 valence electrons. The Labute approximate surface area is 127 Å².